The molecule has 0 aromatic heterocycles. The van der Waals surface area contributed by atoms with Gasteiger partial charge in [0.25, 0.3) is 0 Å². The van der Waals surface area contributed by atoms with Crippen molar-refractivity contribution < 1.29 is 5.11 Å². The molecule has 0 radical (unpaired) electrons. The normalized spacial score (nSPS) is 37.3. The summed E-state index contributed by atoms with van der Waals surface area (Å²) in [6.45, 7) is 3.38. The van der Waals surface area contributed by atoms with Gasteiger partial charge in [0, 0.05) is 25.2 Å². The second-order valence-corrected chi connectivity index (χ2v) is 5.81. The molecule has 0 aromatic carbocycles. The minimum Gasteiger partial charge on any atom is -0.392 e. The first-order valence-electron chi connectivity index (χ1n) is 7.00. The number of nitrogens with zero attached hydrogens (tertiary/aromatic N) is 1. The zero-order chi connectivity index (χ0) is 11.0. The molecule has 0 aromatic rings. The zero-order valence-corrected chi connectivity index (χ0v) is 10.1. The largest absolute Gasteiger partial charge is 0.392 e. The van der Waals surface area contributed by atoms with Gasteiger partial charge in [-0.2, -0.15) is 0 Å². The van der Waals surface area contributed by atoms with Gasteiger partial charge in [0.15, 0.2) is 0 Å². The summed E-state index contributed by atoms with van der Waals surface area (Å²) in [6.07, 6.45) is 7.81. The van der Waals surface area contributed by atoms with Crippen molar-refractivity contribution in [3.63, 3.8) is 0 Å². The van der Waals surface area contributed by atoms with E-state index in [2.05, 4.69) is 10.2 Å². The van der Waals surface area contributed by atoms with E-state index < -0.39 is 0 Å². The maximum absolute atomic E-state index is 9.87. The van der Waals surface area contributed by atoms with Crippen LogP contribution in [0.2, 0.25) is 0 Å². The third-order valence-corrected chi connectivity index (χ3v) is 4.61. The van der Waals surface area contributed by atoms with E-state index in [0.717, 1.165) is 12.6 Å². The molecule has 2 aliphatic heterocycles. The lowest BCUT2D eigenvalue weighted by atomic mass is 9.99. The van der Waals surface area contributed by atoms with Crippen LogP contribution in [0, 0.1) is 5.92 Å². The van der Waals surface area contributed by atoms with Crippen LogP contribution in [0.25, 0.3) is 0 Å². The second-order valence-electron chi connectivity index (χ2n) is 5.81. The van der Waals surface area contributed by atoms with E-state index in [9.17, 15) is 5.11 Å². The average molecular weight is 224 g/mol. The van der Waals surface area contributed by atoms with Crippen LogP contribution in [0.15, 0.2) is 0 Å². The van der Waals surface area contributed by atoms with Crippen molar-refractivity contribution in [3.8, 4) is 0 Å². The number of fused-ring (bicyclic) bond motifs is 1. The molecule has 3 aliphatic rings. The van der Waals surface area contributed by atoms with Crippen LogP contribution in [-0.2, 0) is 0 Å². The fourth-order valence-electron chi connectivity index (χ4n) is 3.41. The van der Waals surface area contributed by atoms with E-state index in [1.54, 1.807) is 0 Å². The van der Waals surface area contributed by atoms with Gasteiger partial charge in [-0.3, -0.25) is 4.90 Å². The van der Waals surface area contributed by atoms with Crippen LogP contribution in [0.1, 0.15) is 38.5 Å². The van der Waals surface area contributed by atoms with E-state index in [1.165, 1.54) is 51.6 Å². The highest BCUT2D eigenvalue weighted by atomic mass is 16.3. The molecule has 1 saturated carbocycles. The summed E-state index contributed by atoms with van der Waals surface area (Å²) in [5, 5.41) is 13.5. The molecule has 0 amide bonds. The van der Waals surface area contributed by atoms with E-state index in [4.69, 9.17) is 0 Å². The van der Waals surface area contributed by atoms with Crippen molar-refractivity contribution in [2.45, 2.75) is 56.7 Å². The summed E-state index contributed by atoms with van der Waals surface area (Å²) in [4.78, 5) is 2.64. The highest BCUT2D eigenvalue weighted by molar-refractivity contribution is 4.95. The maximum Gasteiger partial charge on any atom is 0.0692 e. The van der Waals surface area contributed by atoms with Gasteiger partial charge < -0.3 is 10.4 Å². The van der Waals surface area contributed by atoms with Gasteiger partial charge in [-0.1, -0.05) is 6.42 Å². The summed E-state index contributed by atoms with van der Waals surface area (Å²) < 4.78 is 0. The van der Waals surface area contributed by atoms with Crippen molar-refractivity contribution in [2.24, 2.45) is 5.92 Å². The Morgan fingerprint density at radius 2 is 2.00 bits per heavy atom. The summed E-state index contributed by atoms with van der Waals surface area (Å²) in [7, 11) is 0. The Bertz CT molecular complexity index is 242. The van der Waals surface area contributed by atoms with Crippen LogP contribution >= 0.6 is 0 Å². The quantitative estimate of drug-likeness (QED) is 0.747. The van der Waals surface area contributed by atoms with Crippen LogP contribution in [0.5, 0.6) is 0 Å². The Kier molecular flexibility index (Phi) is 3.18. The lowest BCUT2D eigenvalue weighted by molar-refractivity contribution is 0.134. The summed E-state index contributed by atoms with van der Waals surface area (Å²) >= 11 is 0. The van der Waals surface area contributed by atoms with Gasteiger partial charge in [0.2, 0.25) is 0 Å². The van der Waals surface area contributed by atoms with Crippen LogP contribution in [-0.4, -0.2) is 47.8 Å². The monoisotopic (exact) mass is 224 g/mol. The Labute approximate surface area is 98.2 Å². The van der Waals surface area contributed by atoms with E-state index in [1.807, 2.05) is 0 Å². The smallest absolute Gasteiger partial charge is 0.0692 e. The minimum absolute atomic E-state index is 0.0855. The molecule has 3 unspecified atom stereocenters. The fraction of sp³-hybridized carbons (Fsp3) is 1.00. The molecule has 16 heavy (non-hydrogen) atoms. The van der Waals surface area contributed by atoms with E-state index in [0.29, 0.717) is 12.0 Å². The predicted molar refractivity (Wildman–Crippen MR) is 64.4 cm³/mol. The molecule has 3 heteroatoms. The second kappa shape index (κ2) is 4.63. The van der Waals surface area contributed by atoms with Crippen molar-refractivity contribution in [1.82, 2.24) is 10.2 Å². The number of aliphatic hydroxyl groups excluding tert-OH is 1. The summed E-state index contributed by atoms with van der Waals surface area (Å²) in [5.41, 5.74) is 0. The number of aliphatic hydroxyl groups is 1. The fourth-order valence-corrected chi connectivity index (χ4v) is 3.41. The molecule has 2 heterocycles. The Morgan fingerprint density at radius 3 is 2.81 bits per heavy atom. The molecule has 0 spiro atoms. The average Bonchev–Trinajstić information content (AvgIpc) is 3.08. The van der Waals surface area contributed by atoms with Crippen molar-refractivity contribution >= 4 is 0 Å². The molecule has 3 atom stereocenters. The molecule has 1 aliphatic carbocycles. The molecule has 92 valence electrons. The molecule has 2 saturated heterocycles. The summed E-state index contributed by atoms with van der Waals surface area (Å²) in [6, 6.07) is 1.41. The topological polar surface area (TPSA) is 35.5 Å². The molecule has 2 N–H and O–H groups in total. The Balaban J connectivity index is 1.47. The Morgan fingerprint density at radius 1 is 1.12 bits per heavy atom. The van der Waals surface area contributed by atoms with Gasteiger partial charge in [-0.05, 0) is 44.6 Å². The van der Waals surface area contributed by atoms with Crippen molar-refractivity contribution in [3.05, 3.63) is 0 Å². The van der Waals surface area contributed by atoms with Gasteiger partial charge in [-0.25, -0.2) is 0 Å². The van der Waals surface area contributed by atoms with Gasteiger partial charge in [0.05, 0.1) is 6.10 Å². The van der Waals surface area contributed by atoms with Gasteiger partial charge >= 0.3 is 0 Å². The first-order chi connectivity index (χ1) is 7.84. The minimum atomic E-state index is -0.0855. The molecule has 0 bridgehead atoms. The van der Waals surface area contributed by atoms with Gasteiger partial charge in [-0.15, -0.1) is 0 Å². The number of nitrogens with one attached hydrogen (secondary N) is 1. The van der Waals surface area contributed by atoms with Gasteiger partial charge in [0.1, 0.15) is 0 Å². The lowest BCUT2D eigenvalue weighted by Crippen LogP contribution is -2.46. The maximum atomic E-state index is 9.87. The van der Waals surface area contributed by atoms with Crippen LogP contribution in [0.3, 0.4) is 0 Å². The van der Waals surface area contributed by atoms with E-state index in [-0.39, 0.29) is 6.10 Å². The first kappa shape index (κ1) is 11.0. The molecule has 3 nitrogen and oxygen atoms in total. The standard InChI is InChI=1S/C13H24N2O/c16-13(10-4-5-10)9-14-11-6-8-15-7-2-1-3-12(11)15/h10-14,16H,1-9H2. The third-order valence-electron chi connectivity index (χ3n) is 4.61. The number of piperidine rings is 1. The Hall–Kier alpha value is -0.120. The molecular formula is C13H24N2O. The molecule has 3 fully saturated rings. The van der Waals surface area contributed by atoms with Crippen LogP contribution < -0.4 is 5.32 Å². The predicted octanol–water partition coefficient (Wildman–Crippen LogP) is 0.974. The van der Waals surface area contributed by atoms with E-state index >= 15 is 0 Å². The number of hydrogen-bond acceptors (Lipinski definition) is 3. The highest BCUT2D eigenvalue weighted by Gasteiger charge is 2.36. The van der Waals surface area contributed by atoms with Crippen LogP contribution in [0.4, 0.5) is 0 Å². The molecule has 3 rings (SSSR count). The first-order valence-corrected chi connectivity index (χ1v) is 7.00. The third kappa shape index (κ3) is 2.27. The SMILES string of the molecule is OC(CNC1CCN2CCCCC12)C1CC1. The zero-order valence-electron chi connectivity index (χ0n) is 10.1. The number of rotatable bonds is 4. The number of hydrogen-bond donors (Lipinski definition) is 2. The summed E-state index contributed by atoms with van der Waals surface area (Å²) in [5.74, 6) is 0.608. The highest BCUT2D eigenvalue weighted by Crippen LogP contribution is 2.32. The van der Waals surface area contributed by atoms with Crippen molar-refractivity contribution in [2.75, 3.05) is 19.6 Å². The molecular weight excluding hydrogens is 200 g/mol. The van der Waals surface area contributed by atoms with Crippen molar-refractivity contribution in [1.29, 1.82) is 0 Å². The lowest BCUT2D eigenvalue weighted by Gasteiger charge is -2.33.